The van der Waals surface area contributed by atoms with E-state index in [2.05, 4.69) is 22.3 Å². The molecule has 10 rings (SSSR count). The lowest BCUT2D eigenvalue weighted by molar-refractivity contribution is 0.0663. The molecule has 18 heteroatoms. The molecule has 1 aliphatic carbocycles. The second-order valence-electron chi connectivity index (χ2n) is 17.4. The number of amides is 1. The minimum atomic E-state index is -3.22. The van der Waals surface area contributed by atoms with Crippen molar-refractivity contribution < 1.29 is 27.0 Å². The summed E-state index contributed by atoms with van der Waals surface area (Å²) in [5.41, 5.74) is 3.15. The number of aryl methyl sites for hydroxylation is 2. The monoisotopic (exact) mass is 891 g/mol. The Morgan fingerprint density at radius 3 is 2.38 bits per heavy atom. The third-order valence-electron chi connectivity index (χ3n) is 13.6. The van der Waals surface area contributed by atoms with Crippen molar-refractivity contribution in [1.82, 2.24) is 38.5 Å². The van der Waals surface area contributed by atoms with Gasteiger partial charge in [-0.1, -0.05) is 25.1 Å². The average molecular weight is 892 g/mol. The van der Waals surface area contributed by atoms with Crippen LogP contribution in [-0.2, 0) is 26.4 Å². The second kappa shape index (κ2) is 15.1. The van der Waals surface area contributed by atoms with E-state index in [1.807, 2.05) is 30.5 Å². The number of H-pyrrole nitrogens is 1. The number of hydrogen-bond donors (Lipinski definition) is 2. The molecule has 0 bridgehead atoms. The summed E-state index contributed by atoms with van der Waals surface area (Å²) in [4.78, 5) is 46.9. The average Bonchev–Trinajstić information content (AvgIpc) is 3.78. The molecule has 1 amide bonds. The molecule has 6 heterocycles. The van der Waals surface area contributed by atoms with Crippen molar-refractivity contribution in [2.45, 2.75) is 82.7 Å². The lowest BCUT2D eigenvalue weighted by Gasteiger charge is -2.34. The van der Waals surface area contributed by atoms with E-state index in [4.69, 9.17) is 19.1 Å². The van der Waals surface area contributed by atoms with Gasteiger partial charge in [0.15, 0.2) is 5.82 Å². The van der Waals surface area contributed by atoms with E-state index in [0.29, 0.717) is 77.4 Å². The zero-order valence-electron chi connectivity index (χ0n) is 36.0. The van der Waals surface area contributed by atoms with E-state index >= 15 is 13.6 Å². The Hall–Kier alpha value is -6.40. The van der Waals surface area contributed by atoms with Gasteiger partial charge >= 0.3 is 11.4 Å². The van der Waals surface area contributed by atoms with Crippen LogP contribution in [0.5, 0.6) is 0 Å². The summed E-state index contributed by atoms with van der Waals surface area (Å²) in [6.07, 6.45) is 5.59. The molecular weight excluding hydrogens is 845 g/mol. The van der Waals surface area contributed by atoms with Crippen LogP contribution in [0.2, 0.25) is 0 Å². The van der Waals surface area contributed by atoms with E-state index in [1.165, 1.54) is 29.1 Å². The summed E-state index contributed by atoms with van der Waals surface area (Å²) in [6.45, 7) is 10.4. The van der Waals surface area contributed by atoms with Gasteiger partial charge in [-0.15, -0.1) is 0 Å². The van der Waals surface area contributed by atoms with Crippen LogP contribution >= 0.6 is 0 Å². The molecule has 0 spiro atoms. The number of nitrogens with zero attached hydrogens (tertiary/aromatic N) is 7. The molecule has 4 atom stereocenters. The maximum absolute atomic E-state index is 15.8. The predicted octanol–water partition coefficient (Wildman–Crippen LogP) is 7.20. The van der Waals surface area contributed by atoms with Gasteiger partial charge in [0.2, 0.25) is 0 Å². The van der Waals surface area contributed by atoms with E-state index in [0.717, 1.165) is 39.9 Å². The fourth-order valence-electron chi connectivity index (χ4n) is 9.99. The maximum atomic E-state index is 15.8. The molecular formula is C46H47F2N9O6S. The topological polar surface area (TPSA) is 179 Å². The third-order valence-corrected chi connectivity index (χ3v) is 15.4. The van der Waals surface area contributed by atoms with E-state index in [1.54, 1.807) is 42.5 Å². The standard InChI is InChI=1S/C46H47F2N9O6S/c1-6-64(49,61)33-8-10-37(34(47)23-33)54-15-16-55(45(54)60)41-39-28(5)53(14-11-35(39)51-57(41)32-19-25(2)40(48)26(3)20-32)42(58)38-22-31-21-30(29-12-17-62-18-13-29)7-9-36(31)56(38)46(24-27(46)4)43-50-44(59)63-52-43/h7-10,15-16,19-23,27-29,49H,6,11-14,17-18,24H2,1-5H3,(H,50,52,59)/t27-,28-,46-,64+/m0/s1. The van der Waals surface area contributed by atoms with Crippen LogP contribution in [0.1, 0.15) is 96.3 Å². The molecule has 3 aliphatic rings. The van der Waals surface area contributed by atoms with Gasteiger partial charge in [-0.2, -0.15) is 5.10 Å². The van der Waals surface area contributed by atoms with Gasteiger partial charge in [-0.25, -0.2) is 32.0 Å². The highest BCUT2D eigenvalue weighted by molar-refractivity contribution is 7.92. The van der Waals surface area contributed by atoms with Gasteiger partial charge in [-0.05, 0) is 117 Å². The number of aromatic nitrogens is 7. The number of carbonyl (C=O) groups excluding carboxylic acids is 1. The number of aromatic amines is 1. The quantitative estimate of drug-likeness (QED) is 0.153. The number of hydrogen-bond acceptors (Lipinski definition) is 9. The Bertz CT molecular complexity index is 3260. The highest BCUT2D eigenvalue weighted by Crippen LogP contribution is 2.56. The van der Waals surface area contributed by atoms with E-state index in [-0.39, 0.29) is 40.5 Å². The van der Waals surface area contributed by atoms with Crippen molar-refractivity contribution in [3.8, 4) is 17.2 Å². The summed E-state index contributed by atoms with van der Waals surface area (Å²) >= 11 is 0. The molecule has 332 valence electrons. The predicted molar refractivity (Wildman–Crippen MR) is 233 cm³/mol. The van der Waals surface area contributed by atoms with Crippen molar-refractivity contribution in [2.75, 3.05) is 25.5 Å². The minimum Gasteiger partial charge on any atom is -0.381 e. The van der Waals surface area contributed by atoms with Gasteiger partial charge in [0, 0.05) is 60.8 Å². The number of benzene rings is 3. The van der Waals surface area contributed by atoms with Crippen molar-refractivity contribution in [3.05, 3.63) is 139 Å². The molecule has 2 N–H and O–H groups in total. The number of carbonyl (C=O) groups is 1. The first kappa shape index (κ1) is 41.6. The smallest absolute Gasteiger partial charge is 0.381 e. The molecule has 7 aromatic rings. The Labute approximate surface area is 366 Å². The van der Waals surface area contributed by atoms with Crippen LogP contribution in [0.25, 0.3) is 28.1 Å². The van der Waals surface area contributed by atoms with E-state index in [9.17, 15) is 13.8 Å². The fourth-order valence-corrected chi connectivity index (χ4v) is 10.9. The van der Waals surface area contributed by atoms with Gasteiger partial charge in [0.25, 0.3) is 5.91 Å². The Morgan fingerprint density at radius 2 is 1.72 bits per heavy atom. The van der Waals surface area contributed by atoms with Crippen LogP contribution in [0.4, 0.5) is 8.78 Å². The van der Waals surface area contributed by atoms with Crippen molar-refractivity contribution in [3.63, 3.8) is 0 Å². The summed E-state index contributed by atoms with van der Waals surface area (Å²) in [6, 6.07) is 14.5. The molecule has 4 aromatic heterocycles. The maximum Gasteiger partial charge on any atom is 0.438 e. The Kier molecular flexibility index (Phi) is 9.82. The fraction of sp³-hybridized carbons (Fsp3) is 0.370. The molecule has 64 heavy (non-hydrogen) atoms. The van der Waals surface area contributed by atoms with Crippen LogP contribution in [-0.4, -0.2) is 74.1 Å². The lowest BCUT2D eigenvalue weighted by atomic mass is 9.91. The van der Waals surface area contributed by atoms with Crippen molar-refractivity contribution in [1.29, 1.82) is 4.78 Å². The van der Waals surface area contributed by atoms with Crippen molar-refractivity contribution in [2.24, 2.45) is 5.92 Å². The molecule has 1 saturated carbocycles. The Morgan fingerprint density at radius 1 is 1.00 bits per heavy atom. The second-order valence-corrected chi connectivity index (χ2v) is 19.8. The number of fused-ring (bicyclic) bond motifs is 2. The van der Waals surface area contributed by atoms with Crippen LogP contribution < -0.4 is 11.4 Å². The lowest BCUT2D eigenvalue weighted by Crippen LogP contribution is -2.41. The first-order valence-electron chi connectivity index (χ1n) is 21.5. The minimum absolute atomic E-state index is 0.000492. The highest BCUT2D eigenvalue weighted by Gasteiger charge is 2.59. The first-order chi connectivity index (χ1) is 30.6. The molecule has 2 fully saturated rings. The Balaban J connectivity index is 1.12. The number of halogens is 2. The molecule has 3 aromatic carbocycles. The summed E-state index contributed by atoms with van der Waals surface area (Å²) in [7, 11) is -3.22. The SMILES string of the molecule is CC[S@@](=N)(=O)c1ccc(-n2ccn(-c3c4c(nn3-c3cc(C)c(F)c(C)c3)CCN(C(=O)c3cc5cc(C6CCOCC6)ccc5n3[C@@]3(c5noc(=O)[nH]5)C[C@@H]3C)[C@H]4C)c2=O)c(F)c1. The summed E-state index contributed by atoms with van der Waals surface area (Å²) in [5.74, 6) is -1.26. The van der Waals surface area contributed by atoms with Gasteiger partial charge < -0.3 is 14.2 Å². The zero-order valence-corrected chi connectivity index (χ0v) is 36.8. The summed E-state index contributed by atoms with van der Waals surface area (Å²) in [5, 5.41) is 10.0. The highest BCUT2D eigenvalue weighted by atomic mass is 32.2. The van der Waals surface area contributed by atoms with Crippen LogP contribution in [0.3, 0.4) is 0 Å². The number of imidazole rings is 1. The number of rotatable bonds is 9. The molecule has 15 nitrogen and oxygen atoms in total. The number of nitrogens with one attached hydrogen (secondary N) is 2. The van der Waals surface area contributed by atoms with Crippen LogP contribution in [0.15, 0.2) is 86.0 Å². The molecule has 1 saturated heterocycles. The zero-order chi connectivity index (χ0) is 45.0. The first-order valence-corrected chi connectivity index (χ1v) is 23.2. The van der Waals surface area contributed by atoms with Crippen molar-refractivity contribution >= 4 is 26.5 Å². The number of ether oxygens (including phenoxy) is 1. The molecule has 0 unspecified atom stereocenters. The van der Waals surface area contributed by atoms with Gasteiger partial charge in [0.05, 0.1) is 37.7 Å². The normalized spacial score (nSPS) is 21.0. The van der Waals surface area contributed by atoms with Crippen LogP contribution in [0, 0.1) is 36.2 Å². The molecule has 0 radical (unpaired) electrons. The largest absolute Gasteiger partial charge is 0.438 e. The van der Waals surface area contributed by atoms with E-state index < -0.39 is 38.6 Å². The molecule has 2 aliphatic heterocycles. The summed E-state index contributed by atoms with van der Waals surface area (Å²) < 4.78 is 68.5. The third kappa shape index (κ3) is 6.43. The van der Waals surface area contributed by atoms with Gasteiger partial charge in [-0.3, -0.25) is 23.4 Å². The van der Waals surface area contributed by atoms with Gasteiger partial charge in [0.1, 0.15) is 28.7 Å².